The Morgan fingerprint density at radius 3 is 2.35 bits per heavy atom. The molecule has 4 N–H and O–H groups in total. The monoisotopic (exact) mass is 660 g/mol. The number of hydrogen-bond donors (Lipinski definition) is 4. The van der Waals surface area contributed by atoms with Crippen molar-refractivity contribution in [3.05, 3.63) is 66.7 Å². The number of rotatable bonds is 9. The number of aromatic nitrogens is 2. The van der Waals surface area contributed by atoms with E-state index in [1.807, 2.05) is 30.3 Å². The molecule has 3 aromatic rings. The molecule has 2 aromatic carbocycles. The molecule has 3 atom stereocenters. The molecule has 2 fully saturated rings. The standard InChI is InChI=1S/C31H34N6O7.C4H10/c38-26(16-34-29(40)27(20-8-2-1-3-9-20)36-28(39)23-15-32-13-14-33-23)35-24-18-37(17-22(24)30(41)42)31(43)44-25-12-6-10-19-7-4-5-11-21(19)25;1-4(2)3/h4-7,10-15,20,22,24,27H,1-3,8-9,16-18H2,(H,34,40)(H,35,38)(H,36,39)(H,41,42);4H,1-3H3. The van der Waals surface area contributed by atoms with Crippen molar-refractivity contribution in [1.82, 2.24) is 30.8 Å². The molecule has 1 aromatic heterocycles. The van der Waals surface area contributed by atoms with E-state index in [0.717, 1.165) is 48.8 Å². The maximum Gasteiger partial charge on any atom is 0.415 e. The summed E-state index contributed by atoms with van der Waals surface area (Å²) in [4.78, 5) is 73.0. The van der Waals surface area contributed by atoms with E-state index in [9.17, 15) is 29.1 Å². The van der Waals surface area contributed by atoms with Crippen LogP contribution in [0.4, 0.5) is 4.79 Å². The van der Waals surface area contributed by atoms with E-state index in [-0.39, 0.29) is 24.7 Å². The van der Waals surface area contributed by atoms with Gasteiger partial charge >= 0.3 is 12.1 Å². The second-order valence-electron chi connectivity index (χ2n) is 12.8. The summed E-state index contributed by atoms with van der Waals surface area (Å²) in [6.07, 6.45) is 7.79. The summed E-state index contributed by atoms with van der Waals surface area (Å²) in [5, 5.41) is 19.4. The number of carboxylic acid groups (broad SMARTS) is 1. The first-order valence-corrected chi connectivity index (χ1v) is 16.3. The van der Waals surface area contributed by atoms with Gasteiger partial charge < -0.3 is 30.7 Å². The minimum atomic E-state index is -1.18. The van der Waals surface area contributed by atoms with Crippen molar-refractivity contribution in [3.63, 3.8) is 0 Å². The third-order valence-electron chi connectivity index (χ3n) is 8.10. The Hall–Kier alpha value is -5.07. The molecule has 2 heterocycles. The maximum absolute atomic E-state index is 13.2. The number of amides is 4. The number of carboxylic acids is 1. The van der Waals surface area contributed by atoms with E-state index in [0.29, 0.717) is 5.75 Å². The Bertz CT molecular complexity index is 1570. The lowest BCUT2D eigenvalue weighted by molar-refractivity contribution is -0.142. The van der Waals surface area contributed by atoms with Gasteiger partial charge in [-0.1, -0.05) is 76.4 Å². The van der Waals surface area contributed by atoms with Gasteiger partial charge in [0.25, 0.3) is 5.91 Å². The molecule has 1 saturated carbocycles. The second-order valence-corrected chi connectivity index (χ2v) is 12.8. The molecule has 0 bridgehead atoms. The SMILES string of the molecule is CC(C)C.O=C(CNC(=O)C(NC(=O)c1cnccn1)C1CCCCC1)NC1CN(C(=O)Oc2cccc3ccccc23)CC1C(=O)O. The molecule has 1 saturated heterocycles. The minimum Gasteiger partial charge on any atom is -0.481 e. The van der Waals surface area contributed by atoms with Gasteiger partial charge in [0.2, 0.25) is 11.8 Å². The first-order chi connectivity index (χ1) is 23.0. The van der Waals surface area contributed by atoms with Crippen molar-refractivity contribution >= 4 is 40.6 Å². The van der Waals surface area contributed by atoms with Crippen LogP contribution in [0.3, 0.4) is 0 Å². The Morgan fingerprint density at radius 1 is 0.958 bits per heavy atom. The third-order valence-corrected chi connectivity index (χ3v) is 8.10. The van der Waals surface area contributed by atoms with Crippen molar-refractivity contribution in [2.75, 3.05) is 19.6 Å². The molecular weight excluding hydrogens is 616 g/mol. The first kappa shape index (κ1) is 35.8. The van der Waals surface area contributed by atoms with Crippen LogP contribution in [0.5, 0.6) is 5.75 Å². The molecule has 1 aliphatic carbocycles. The summed E-state index contributed by atoms with van der Waals surface area (Å²) in [5.41, 5.74) is 0.0725. The van der Waals surface area contributed by atoms with Crippen LogP contribution in [0.25, 0.3) is 10.8 Å². The summed E-state index contributed by atoms with van der Waals surface area (Å²) < 4.78 is 5.60. The lowest BCUT2D eigenvalue weighted by Gasteiger charge is -2.30. The highest BCUT2D eigenvalue weighted by molar-refractivity contribution is 5.97. The number of hydrogen-bond acceptors (Lipinski definition) is 8. The van der Waals surface area contributed by atoms with Gasteiger partial charge in [-0.05, 0) is 36.1 Å². The molecule has 48 heavy (non-hydrogen) atoms. The van der Waals surface area contributed by atoms with E-state index in [2.05, 4.69) is 46.7 Å². The Labute approximate surface area is 279 Å². The molecule has 13 heteroatoms. The summed E-state index contributed by atoms with van der Waals surface area (Å²) in [7, 11) is 0. The molecule has 5 rings (SSSR count). The summed E-state index contributed by atoms with van der Waals surface area (Å²) >= 11 is 0. The highest BCUT2D eigenvalue weighted by Crippen LogP contribution is 2.28. The smallest absolute Gasteiger partial charge is 0.415 e. The Kier molecular flexibility index (Phi) is 12.8. The zero-order valence-corrected chi connectivity index (χ0v) is 27.6. The number of ether oxygens (including phenoxy) is 1. The lowest BCUT2D eigenvalue weighted by atomic mass is 9.83. The molecule has 4 amide bonds. The average molecular weight is 661 g/mol. The largest absolute Gasteiger partial charge is 0.481 e. The predicted octanol–water partition coefficient (Wildman–Crippen LogP) is 3.79. The fourth-order valence-electron chi connectivity index (χ4n) is 5.82. The van der Waals surface area contributed by atoms with Gasteiger partial charge in [-0.25, -0.2) is 9.78 Å². The number of likely N-dealkylation sites (tertiary alicyclic amines) is 1. The van der Waals surface area contributed by atoms with Gasteiger partial charge in [0, 0.05) is 30.9 Å². The topological polar surface area (TPSA) is 180 Å². The van der Waals surface area contributed by atoms with Gasteiger partial charge in [-0.2, -0.15) is 0 Å². The molecule has 1 aliphatic heterocycles. The summed E-state index contributed by atoms with van der Waals surface area (Å²) in [6.45, 7) is 5.82. The van der Waals surface area contributed by atoms with Crippen LogP contribution in [0.2, 0.25) is 0 Å². The molecule has 0 radical (unpaired) electrons. The average Bonchev–Trinajstić information content (AvgIpc) is 3.51. The van der Waals surface area contributed by atoms with Gasteiger partial charge in [-0.3, -0.25) is 24.2 Å². The normalized spacial score (nSPS) is 18.3. The Balaban J connectivity index is 0.00000123. The van der Waals surface area contributed by atoms with Gasteiger partial charge in [-0.15, -0.1) is 0 Å². The van der Waals surface area contributed by atoms with Crippen molar-refractivity contribution in [2.45, 2.75) is 65.0 Å². The van der Waals surface area contributed by atoms with Crippen LogP contribution in [-0.2, 0) is 14.4 Å². The van der Waals surface area contributed by atoms with E-state index < -0.39 is 54.3 Å². The number of carbonyl (C=O) groups excluding carboxylic acids is 4. The fourth-order valence-corrected chi connectivity index (χ4v) is 5.82. The summed E-state index contributed by atoms with van der Waals surface area (Å²) in [5.74, 6) is -2.87. The van der Waals surface area contributed by atoms with Crippen molar-refractivity contribution in [1.29, 1.82) is 0 Å². The zero-order valence-electron chi connectivity index (χ0n) is 27.6. The number of nitrogens with zero attached hydrogens (tertiary/aromatic N) is 3. The van der Waals surface area contributed by atoms with Gasteiger partial charge in [0.05, 0.1) is 24.7 Å². The van der Waals surface area contributed by atoms with E-state index >= 15 is 0 Å². The molecule has 256 valence electrons. The van der Waals surface area contributed by atoms with Crippen LogP contribution in [-0.4, -0.2) is 81.5 Å². The minimum absolute atomic E-state index is 0.0725. The number of benzene rings is 2. The van der Waals surface area contributed by atoms with E-state index in [1.54, 1.807) is 12.1 Å². The van der Waals surface area contributed by atoms with Crippen LogP contribution in [0.15, 0.2) is 61.1 Å². The van der Waals surface area contributed by atoms with Crippen molar-refractivity contribution < 1.29 is 33.8 Å². The number of aliphatic carboxylic acids is 1. The number of fused-ring (bicyclic) bond motifs is 1. The van der Waals surface area contributed by atoms with Gasteiger partial charge in [0.1, 0.15) is 17.5 Å². The van der Waals surface area contributed by atoms with Crippen molar-refractivity contribution in [2.24, 2.45) is 17.8 Å². The molecule has 3 unspecified atom stereocenters. The fraction of sp³-hybridized carbons (Fsp3) is 0.457. The molecular formula is C35H44N6O7. The lowest BCUT2D eigenvalue weighted by Crippen LogP contribution is -2.54. The van der Waals surface area contributed by atoms with Crippen molar-refractivity contribution in [3.8, 4) is 5.75 Å². The van der Waals surface area contributed by atoms with Crippen LogP contribution in [0.1, 0.15) is 63.4 Å². The molecule has 2 aliphatic rings. The molecule has 0 spiro atoms. The van der Waals surface area contributed by atoms with Gasteiger partial charge in [0.15, 0.2) is 0 Å². The number of carbonyl (C=O) groups is 5. The van der Waals surface area contributed by atoms with E-state index in [1.165, 1.54) is 23.5 Å². The third kappa shape index (κ3) is 9.96. The second kappa shape index (κ2) is 17.2. The van der Waals surface area contributed by atoms with Crippen LogP contribution >= 0.6 is 0 Å². The highest BCUT2D eigenvalue weighted by Gasteiger charge is 2.41. The molecule has 13 nitrogen and oxygen atoms in total. The zero-order chi connectivity index (χ0) is 34.6. The summed E-state index contributed by atoms with van der Waals surface area (Å²) in [6, 6.07) is 10.9. The van der Waals surface area contributed by atoms with Crippen LogP contribution < -0.4 is 20.7 Å². The van der Waals surface area contributed by atoms with Crippen LogP contribution in [0, 0.1) is 17.8 Å². The predicted molar refractivity (Wildman–Crippen MR) is 178 cm³/mol. The maximum atomic E-state index is 13.2. The van der Waals surface area contributed by atoms with E-state index in [4.69, 9.17) is 4.74 Å². The number of nitrogens with one attached hydrogen (secondary N) is 3. The first-order valence-electron chi connectivity index (χ1n) is 16.3. The quantitative estimate of drug-likeness (QED) is 0.266. The Morgan fingerprint density at radius 2 is 1.67 bits per heavy atom. The highest BCUT2D eigenvalue weighted by atomic mass is 16.6.